The maximum Gasteiger partial charge on any atom is 0.275 e. The predicted octanol–water partition coefficient (Wildman–Crippen LogP) is 2.24. The molecule has 0 unspecified atom stereocenters. The van der Waals surface area contributed by atoms with E-state index in [4.69, 9.17) is 4.74 Å². The number of amides is 2. The Labute approximate surface area is 207 Å². The number of fused-ring (bicyclic) bond motifs is 6. The SMILES string of the molecule is Cn1cc2c(n1)C(=O)NCCCCCc1cc(ccn1)-c1nc(cn1COCC[S+](C)C)C(=O)N2. The lowest BCUT2D eigenvalue weighted by atomic mass is 10.1. The number of hydrogen-bond acceptors (Lipinski definition) is 6. The van der Waals surface area contributed by atoms with Crippen LogP contribution in [-0.2, 0) is 35.8 Å². The molecule has 2 amide bonds. The summed E-state index contributed by atoms with van der Waals surface area (Å²) in [4.78, 5) is 35.0. The van der Waals surface area contributed by atoms with Crippen LogP contribution < -0.4 is 10.6 Å². The lowest BCUT2D eigenvalue weighted by molar-refractivity contribution is 0.0905. The summed E-state index contributed by atoms with van der Waals surface area (Å²) >= 11 is 0. The lowest BCUT2D eigenvalue weighted by Gasteiger charge is -2.09. The van der Waals surface area contributed by atoms with Crippen LogP contribution >= 0.6 is 0 Å². The fourth-order valence-electron chi connectivity index (χ4n) is 3.82. The number of nitrogens with one attached hydrogen (secondary N) is 2. The topological polar surface area (TPSA) is 116 Å². The van der Waals surface area contributed by atoms with E-state index < -0.39 is 5.91 Å². The van der Waals surface area contributed by atoms with E-state index in [1.807, 2.05) is 16.7 Å². The number of aromatic nitrogens is 5. The molecular formula is C24H32N7O3S+. The first kappa shape index (κ1) is 24.9. The Morgan fingerprint density at radius 2 is 2.00 bits per heavy atom. The van der Waals surface area contributed by atoms with Gasteiger partial charge in [-0.15, -0.1) is 0 Å². The first-order chi connectivity index (χ1) is 16.9. The van der Waals surface area contributed by atoms with Crippen molar-refractivity contribution < 1.29 is 14.3 Å². The second kappa shape index (κ2) is 11.5. The van der Waals surface area contributed by atoms with Crippen molar-refractivity contribution in [2.24, 2.45) is 7.05 Å². The molecule has 35 heavy (non-hydrogen) atoms. The summed E-state index contributed by atoms with van der Waals surface area (Å²) in [6.45, 7) is 1.46. The second-order valence-electron chi connectivity index (χ2n) is 8.77. The standard InChI is InChI=1S/C24H31N7O3S/c1-30-14-19-21(29-30)24(33)26-9-6-4-5-7-18-13-17(8-10-25-18)22-27-20(23(32)28-19)15-31(22)16-34-11-12-35(2)3/h8,10,13-15H,4-7,9,11-12,16H2,1-3H3,(H-,26,28,32,33)/p+1. The van der Waals surface area contributed by atoms with Crippen LogP contribution in [0.2, 0.25) is 0 Å². The van der Waals surface area contributed by atoms with Gasteiger partial charge in [0.25, 0.3) is 11.8 Å². The van der Waals surface area contributed by atoms with Gasteiger partial charge in [-0.2, -0.15) is 5.10 Å². The van der Waals surface area contributed by atoms with Gasteiger partial charge < -0.3 is 19.9 Å². The number of rotatable bonds is 5. The number of hydrogen-bond donors (Lipinski definition) is 2. The van der Waals surface area contributed by atoms with Crippen LogP contribution in [0.1, 0.15) is 45.9 Å². The largest absolute Gasteiger partial charge is 0.356 e. The highest BCUT2D eigenvalue weighted by atomic mass is 32.2. The van der Waals surface area contributed by atoms with Crippen molar-refractivity contribution in [3.05, 3.63) is 47.8 Å². The smallest absolute Gasteiger partial charge is 0.275 e. The highest BCUT2D eigenvalue weighted by molar-refractivity contribution is 7.95. The van der Waals surface area contributed by atoms with Crippen molar-refractivity contribution in [1.29, 1.82) is 0 Å². The van der Waals surface area contributed by atoms with Gasteiger partial charge in [-0.1, -0.05) is 6.42 Å². The molecule has 3 aromatic rings. The minimum atomic E-state index is -0.422. The van der Waals surface area contributed by atoms with Crippen molar-refractivity contribution >= 4 is 28.4 Å². The number of nitrogens with zero attached hydrogens (tertiary/aromatic N) is 5. The highest BCUT2D eigenvalue weighted by Crippen LogP contribution is 2.22. The van der Waals surface area contributed by atoms with Crippen LogP contribution in [0.15, 0.2) is 30.7 Å². The molecule has 3 aromatic heterocycles. The molecule has 10 nitrogen and oxygen atoms in total. The van der Waals surface area contributed by atoms with Crippen LogP contribution in [0, 0.1) is 0 Å². The molecule has 0 saturated carbocycles. The minimum Gasteiger partial charge on any atom is -0.356 e. The molecule has 0 atom stereocenters. The zero-order chi connectivity index (χ0) is 24.8. The van der Waals surface area contributed by atoms with Gasteiger partial charge in [-0.25, -0.2) is 4.98 Å². The summed E-state index contributed by atoms with van der Waals surface area (Å²) in [6.07, 6.45) is 13.0. The van der Waals surface area contributed by atoms with Crippen LogP contribution in [0.4, 0.5) is 5.69 Å². The van der Waals surface area contributed by atoms with Gasteiger partial charge in [0.2, 0.25) is 0 Å². The number of carbonyl (C=O) groups is 2. The van der Waals surface area contributed by atoms with Crippen molar-refractivity contribution in [3.63, 3.8) is 0 Å². The van der Waals surface area contributed by atoms with Crippen LogP contribution in [0.25, 0.3) is 11.4 Å². The molecule has 0 aromatic carbocycles. The summed E-state index contributed by atoms with van der Waals surface area (Å²) in [5.41, 5.74) is 2.60. The van der Waals surface area contributed by atoms with Gasteiger partial charge in [0.15, 0.2) is 5.69 Å². The van der Waals surface area contributed by atoms with E-state index in [2.05, 4.69) is 38.2 Å². The zero-order valence-corrected chi connectivity index (χ0v) is 21.2. The zero-order valence-electron chi connectivity index (χ0n) is 20.4. The summed E-state index contributed by atoms with van der Waals surface area (Å²) < 4.78 is 9.24. The quantitative estimate of drug-likeness (QED) is 0.412. The fraction of sp³-hybridized carbons (Fsp3) is 0.458. The second-order valence-corrected chi connectivity index (χ2v) is 11.1. The third kappa shape index (κ3) is 6.49. The third-order valence-corrected chi connectivity index (χ3v) is 6.62. The summed E-state index contributed by atoms with van der Waals surface area (Å²) in [5, 5.41) is 9.94. The number of ether oxygens (including phenoxy) is 1. The Hall–Kier alpha value is -3.18. The monoisotopic (exact) mass is 498 g/mol. The molecule has 2 N–H and O–H groups in total. The molecule has 0 spiro atoms. The summed E-state index contributed by atoms with van der Waals surface area (Å²) in [6, 6.07) is 3.92. The molecular weight excluding hydrogens is 466 g/mol. The van der Waals surface area contributed by atoms with E-state index in [1.54, 1.807) is 25.6 Å². The van der Waals surface area contributed by atoms with E-state index in [0.717, 1.165) is 42.7 Å². The molecule has 0 saturated heterocycles. The fourth-order valence-corrected chi connectivity index (χ4v) is 4.28. The Balaban J connectivity index is 1.67. The van der Waals surface area contributed by atoms with E-state index in [9.17, 15) is 9.59 Å². The predicted molar refractivity (Wildman–Crippen MR) is 137 cm³/mol. The van der Waals surface area contributed by atoms with Gasteiger partial charge in [0.1, 0.15) is 24.0 Å². The van der Waals surface area contributed by atoms with Gasteiger partial charge >= 0.3 is 0 Å². The molecule has 186 valence electrons. The molecule has 4 bridgehead atoms. The van der Waals surface area contributed by atoms with Gasteiger partial charge in [-0.05, 0) is 42.3 Å². The van der Waals surface area contributed by atoms with E-state index >= 15 is 0 Å². The Kier molecular flexibility index (Phi) is 8.19. The van der Waals surface area contributed by atoms with Crippen LogP contribution in [-0.4, -0.2) is 67.5 Å². The molecule has 0 radical (unpaired) electrons. The van der Waals surface area contributed by atoms with Gasteiger partial charge in [0, 0.05) is 43.4 Å². The summed E-state index contributed by atoms with van der Waals surface area (Å²) in [5.74, 6) is 0.875. The normalized spacial score (nSPS) is 14.9. The first-order valence-corrected chi connectivity index (χ1v) is 13.9. The Morgan fingerprint density at radius 3 is 2.83 bits per heavy atom. The molecule has 0 aliphatic carbocycles. The Bertz CT molecular complexity index is 1190. The maximum absolute atomic E-state index is 13.2. The number of imidazole rings is 1. The molecule has 4 heterocycles. The molecule has 1 aliphatic rings. The Morgan fingerprint density at radius 1 is 1.14 bits per heavy atom. The molecule has 0 fully saturated rings. The number of carbonyl (C=O) groups excluding carboxylic acids is 2. The molecule has 4 rings (SSSR count). The van der Waals surface area contributed by atoms with Crippen molar-refractivity contribution in [2.45, 2.75) is 32.4 Å². The minimum absolute atomic E-state index is 0.179. The van der Waals surface area contributed by atoms with Crippen molar-refractivity contribution in [1.82, 2.24) is 29.6 Å². The van der Waals surface area contributed by atoms with E-state index in [0.29, 0.717) is 35.6 Å². The van der Waals surface area contributed by atoms with Gasteiger partial charge in [0.05, 0.1) is 24.8 Å². The molecule has 11 heteroatoms. The number of pyridine rings is 1. The van der Waals surface area contributed by atoms with Gasteiger partial charge in [-0.3, -0.25) is 19.3 Å². The average molecular weight is 499 g/mol. The maximum atomic E-state index is 13.2. The van der Waals surface area contributed by atoms with E-state index in [1.165, 1.54) is 4.68 Å². The number of anilines is 1. The molecule has 1 aliphatic heterocycles. The van der Waals surface area contributed by atoms with Crippen molar-refractivity contribution in [2.75, 3.05) is 36.7 Å². The average Bonchev–Trinajstić information content (AvgIpc) is 3.42. The number of aryl methyl sites for hydroxylation is 2. The van der Waals surface area contributed by atoms with Crippen molar-refractivity contribution in [3.8, 4) is 11.4 Å². The van der Waals surface area contributed by atoms with E-state index in [-0.39, 0.29) is 24.0 Å². The lowest BCUT2D eigenvalue weighted by Crippen LogP contribution is -2.26. The highest BCUT2D eigenvalue weighted by Gasteiger charge is 2.21. The summed E-state index contributed by atoms with van der Waals surface area (Å²) in [7, 11) is 2.00. The third-order valence-electron chi connectivity index (χ3n) is 5.64. The van der Waals surface area contributed by atoms with Crippen LogP contribution in [0.3, 0.4) is 0 Å². The first-order valence-electron chi connectivity index (χ1n) is 11.7. The van der Waals surface area contributed by atoms with Crippen LogP contribution in [0.5, 0.6) is 0 Å².